The molecule has 0 aliphatic rings. The Morgan fingerprint density at radius 1 is 0.500 bits per heavy atom. The van der Waals surface area contributed by atoms with Crippen molar-refractivity contribution in [3.05, 3.63) is 0 Å². The minimum atomic E-state index is 0. The fourth-order valence-electron chi connectivity index (χ4n) is 0. The Balaban J connectivity index is 0. The zero-order valence-corrected chi connectivity index (χ0v) is 16.8. The van der Waals surface area contributed by atoms with E-state index in [1.54, 1.807) is 0 Å². The molecule has 0 saturated heterocycles. The van der Waals surface area contributed by atoms with Crippen molar-refractivity contribution in [1.29, 1.82) is 0 Å². The molecule has 0 bridgehead atoms. The second-order valence-corrected chi connectivity index (χ2v) is 0. The summed E-state index contributed by atoms with van der Waals surface area (Å²) in [6, 6.07) is 0. The van der Waals surface area contributed by atoms with Crippen LogP contribution in [0.3, 0.4) is 0 Å². The molecule has 0 fully saturated rings. The molecule has 0 aromatic carbocycles. The number of rotatable bonds is 0. The summed E-state index contributed by atoms with van der Waals surface area (Å²) in [7, 11) is 0. The van der Waals surface area contributed by atoms with Crippen LogP contribution in [0.2, 0.25) is 0 Å². The molecule has 4 heavy (non-hydrogen) atoms. The second-order valence-electron chi connectivity index (χ2n) is 0. The molecule has 4 heteroatoms. The quantitative estimate of drug-likeness (QED) is 0.281. The van der Waals surface area contributed by atoms with Gasteiger partial charge in [-0.1, -0.05) is 0 Å². The van der Waals surface area contributed by atoms with Crippen molar-refractivity contribution in [1.82, 2.24) is 0 Å². The molecule has 0 heterocycles. The fraction of sp³-hybridized carbons (Fsp3) is 0. The molecule has 10 radical (unpaired) electrons. The van der Waals surface area contributed by atoms with Gasteiger partial charge >= 0.3 is 0 Å². The van der Waals surface area contributed by atoms with E-state index in [-0.39, 0.29) is 102 Å². The molecular formula is Sn2Tl2. The molecule has 0 amide bonds. The van der Waals surface area contributed by atoms with Crippen LogP contribution in [0.4, 0.5) is 0 Å². The van der Waals surface area contributed by atoms with E-state index in [1.165, 1.54) is 0 Å². The Labute approximate surface area is 100 Å². The average Bonchev–Trinajstić information content (AvgIpc) is 0. The summed E-state index contributed by atoms with van der Waals surface area (Å²) in [6.45, 7) is 0. The van der Waals surface area contributed by atoms with Gasteiger partial charge in [0, 0.05) is 102 Å². The predicted octanol–water partition coefficient (Wildman–Crippen LogP) is -1.52. The third-order valence-electron chi connectivity index (χ3n) is 0. The minimum Gasteiger partial charge on any atom is 0 e. The van der Waals surface area contributed by atoms with Gasteiger partial charge in [0.1, 0.15) is 0 Å². The standard InChI is InChI=1S/2Sn.2Tl. The van der Waals surface area contributed by atoms with Crippen LogP contribution in [0.5, 0.6) is 0 Å². The van der Waals surface area contributed by atoms with Gasteiger partial charge in [0.05, 0.1) is 0 Å². The monoisotopic (exact) mass is 650 g/mol. The SMILES string of the molecule is [Sn].[Sn].[Tl].[Tl]. The Bertz CT molecular complexity index is 4.00. The van der Waals surface area contributed by atoms with E-state index in [1.807, 2.05) is 0 Å². The molecule has 0 aromatic rings. The molecule has 14 valence electrons. The predicted molar refractivity (Wildman–Crippen MR) is 23.0 cm³/mol. The maximum atomic E-state index is 0. The van der Waals surface area contributed by atoms with Gasteiger partial charge < -0.3 is 0 Å². The molecule has 0 atom stereocenters. The van der Waals surface area contributed by atoms with E-state index in [2.05, 4.69) is 0 Å². The topological polar surface area (TPSA) is 0 Å². The van der Waals surface area contributed by atoms with Crippen LogP contribution in [-0.2, 0) is 0 Å². The van der Waals surface area contributed by atoms with E-state index in [0.717, 1.165) is 0 Å². The number of hydrogen-bond donors (Lipinski definition) is 0. The molecule has 0 unspecified atom stereocenters. The van der Waals surface area contributed by atoms with E-state index in [9.17, 15) is 0 Å². The van der Waals surface area contributed by atoms with Crippen molar-refractivity contribution in [3.63, 3.8) is 0 Å². The smallest absolute Gasteiger partial charge is 0 e. The van der Waals surface area contributed by atoms with Crippen molar-refractivity contribution in [2.75, 3.05) is 0 Å². The average molecular weight is 646 g/mol. The number of hydrogen-bond acceptors (Lipinski definition) is 0. The van der Waals surface area contributed by atoms with Crippen molar-refractivity contribution < 1.29 is 0 Å². The Morgan fingerprint density at radius 3 is 0.500 bits per heavy atom. The van der Waals surface area contributed by atoms with Gasteiger partial charge in [-0.2, -0.15) is 0 Å². The zero-order valence-electron chi connectivity index (χ0n) is 2.15. The summed E-state index contributed by atoms with van der Waals surface area (Å²) < 4.78 is 0. The minimum absolute atomic E-state index is 0. The van der Waals surface area contributed by atoms with Crippen LogP contribution >= 0.6 is 0 Å². The van der Waals surface area contributed by atoms with Crippen molar-refractivity contribution in [2.45, 2.75) is 0 Å². The summed E-state index contributed by atoms with van der Waals surface area (Å²) in [6.07, 6.45) is 0. The summed E-state index contributed by atoms with van der Waals surface area (Å²) in [5, 5.41) is 0. The zero-order chi connectivity index (χ0) is 0. The normalized spacial score (nSPS) is 0. The molecule has 0 nitrogen and oxygen atoms in total. The second kappa shape index (κ2) is 16.1. The van der Waals surface area contributed by atoms with Gasteiger partial charge in [-0.05, 0) is 0 Å². The maximum absolute atomic E-state index is 0. The molecule has 0 saturated carbocycles. The van der Waals surface area contributed by atoms with E-state index in [4.69, 9.17) is 0 Å². The third kappa shape index (κ3) is 9.06. The van der Waals surface area contributed by atoms with Crippen molar-refractivity contribution in [3.8, 4) is 0 Å². The third-order valence-corrected chi connectivity index (χ3v) is 0. The fourth-order valence-corrected chi connectivity index (χ4v) is 0. The molecule has 0 spiro atoms. The van der Waals surface area contributed by atoms with E-state index < -0.39 is 0 Å². The van der Waals surface area contributed by atoms with E-state index >= 15 is 0 Å². The summed E-state index contributed by atoms with van der Waals surface area (Å²) in [4.78, 5) is 0. The largest absolute Gasteiger partial charge is 0 e. The molecule has 0 rings (SSSR count). The Kier molecular flexibility index (Phi) is 105. The first kappa shape index (κ1) is 26.1. The van der Waals surface area contributed by atoms with Crippen molar-refractivity contribution in [2.24, 2.45) is 0 Å². The van der Waals surface area contributed by atoms with Crippen LogP contribution in [0.15, 0.2) is 0 Å². The van der Waals surface area contributed by atoms with Gasteiger partial charge in [0.2, 0.25) is 0 Å². The molecule has 0 aliphatic carbocycles. The van der Waals surface area contributed by atoms with Crippen LogP contribution in [0, 0.1) is 0 Å². The van der Waals surface area contributed by atoms with Crippen LogP contribution in [0.1, 0.15) is 0 Å². The first-order valence-electron chi connectivity index (χ1n) is 0. The first-order valence-corrected chi connectivity index (χ1v) is 0. The molecule has 0 aliphatic heterocycles. The van der Waals surface area contributed by atoms with Crippen LogP contribution < -0.4 is 0 Å². The molecule has 0 N–H and O–H groups in total. The Hall–Kier alpha value is 3.44. The summed E-state index contributed by atoms with van der Waals surface area (Å²) >= 11 is 0. The first-order chi connectivity index (χ1) is 0. The van der Waals surface area contributed by atoms with Gasteiger partial charge in [0.15, 0.2) is 0 Å². The Morgan fingerprint density at radius 2 is 0.500 bits per heavy atom. The van der Waals surface area contributed by atoms with Gasteiger partial charge in [-0.25, -0.2) is 0 Å². The summed E-state index contributed by atoms with van der Waals surface area (Å²) in [5.41, 5.74) is 0. The molecular weight excluding hydrogens is 646 g/mol. The molecule has 0 aromatic heterocycles. The summed E-state index contributed by atoms with van der Waals surface area (Å²) in [5.74, 6) is 0. The van der Waals surface area contributed by atoms with Crippen LogP contribution in [0.25, 0.3) is 0 Å². The van der Waals surface area contributed by atoms with Gasteiger partial charge in [-0.3, -0.25) is 0 Å². The van der Waals surface area contributed by atoms with Gasteiger partial charge in [0.25, 0.3) is 0 Å². The van der Waals surface area contributed by atoms with Crippen molar-refractivity contribution >= 4 is 102 Å². The maximum Gasteiger partial charge on any atom is 0 e. The van der Waals surface area contributed by atoms with Gasteiger partial charge in [-0.15, -0.1) is 0 Å². The van der Waals surface area contributed by atoms with E-state index in [0.29, 0.717) is 0 Å². The van der Waals surface area contributed by atoms with Crippen LogP contribution in [-0.4, -0.2) is 102 Å².